The Hall–Kier alpha value is -0.800. The summed E-state index contributed by atoms with van der Waals surface area (Å²) in [6, 6.07) is 1.95. The normalized spacial score (nSPS) is 28.4. The van der Waals surface area contributed by atoms with Gasteiger partial charge in [0, 0.05) is 12.2 Å². The number of hydrogen-bond acceptors (Lipinski definition) is 3. The fourth-order valence-electron chi connectivity index (χ4n) is 3.77. The van der Waals surface area contributed by atoms with Crippen molar-refractivity contribution in [3.05, 3.63) is 23.7 Å². The van der Waals surface area contributed by atoms with Crippen molar-refractivity contribution < 1.29 is 14.3 Å². The molecule has 3 heteroatoms. The SMILES string of the molecule is Cc1cc(C(O)C2CCOC3(CCCCC3)C2)co1. The molecular formula is C16H24O3. The highest BCUT2D eigenvalue weighted by molar-refractivity contribution is 5.16. The van der Waals surface area contributed by atoms with Crippen molar-refractivity contribution >= 4 is 0 Å². The lowest BCUT2D eigenvalue weighted by molar-refractivity contribution is -0.134. The molecule has 1 aliphatic heterocycles. The van der Waals surface area contributed by atoms with E-state index in [-0.39, 0.29) is 5.60 Å². The largest absolute Gasteiger partial charge is 0.469 e. The van der Waals surface area contributed by atoms with E-state index < -0.39 is 6.10 Å². The van der Waals surface area contributed by atoms with Gasteiger partial charge in [0.2, 0.25) is 0 Å². The number of aliphatic hydroxyl groups is 1. The summed E-state index contributed by atoms with van der Waals surface area (Å²) < 4.78 is 11.4. The van der Waals surface area contributed by atoms with E-state index in [0.717, 1.165) is 30.8 Å². The van der Waals surface area contributed by atoms with Crippen LogP contribution >= 0.6 is 0 Å². The van der Waals surface area contributed by atoms with Crippen LogP contribution in [0.5, 0.6) is 0 Å². The van der Waals surface area contributed by atoms with Crippen LogP contribution in [0.3, 0.4) is 0 Å². The third kappa shape index (κ3) is 2.72. The number of furan rings is 1. The zero-order chi connectivity index (χ0) is 13.3. The average molecular weight is 264 g/mol. The molecule has 3 nitrogen and oxygen atoms in total. The summed E-state index contributed by atoms with van der Waals surface area (Å²) in [5, 5.41) is 10.6. The van der Waals surface area contributed by atoms with E-state index in [2.05, 4.69) is 0 Å². The number of ether oxygens (including phenoxy) is 1. The van der Waals surface area contributed by atoms with Crippen LogP contribution in [0.4, 0.5) is 0 Å². The second-order valence-electron chi connectivity index (χ2n) is 6.28. The Morgan fingerprint density at radius 3 is 2.79 bits per heavy atom. The molecule has 2 fully saturated rings. The quantitative estimate of drug-likeness (QED) is 0.884. The average Bonchev–Trinajstić information content (AvgIpc) is 2.85. The van der Waals surface area contributed by atoms with Crippen LogP contribution in [0.2, 0.25) is 0 Å². The zero-order valence-corrected chi connectivity index (χ0v) is 11.7. The van der Waals surface area contributed by atoms with Crippen LogP contribution < -0.4 is 0 Å². The Bertz CT molecular complexity index is 412. The summed E-state index contributed by atoms with van der Waals surface area (Å²) in [4.78, 5) is 0. The molecule has 0 amide bonds. The van der Waals surface area contributed by atoms with E-state index in [1.807, 2.05) is 13.0 Å². The smallest absolute Gasteiger partial charge is 0.101 e. The molecule has 106 valence electrons. The predicted molar refractivity (Wildman–Crippen MR) is 72.9 cm³/mol. The van der Waals surface area contributed by atoms with Gasteiger partial charge in [-0.1, -0.05) is 19.3 Å². The van der Waals surface area contributed by atoms with E-state index >= 15 is 0 Å². The summed E-state index contributed by atoms with van der Waals surface area (Å²) in [7, 11) is 0. The zero-order valence-electron chi connectivity index (χ0n) is 11.7. The molecule has 2 unspecified atom stereocenters. The molecule has 2 heterocycles. The maximum Gasteiger partial charge on any atom is 0.101 e. The van der Waals surface area contributed by atoms with Crippen molar-refractivity contribution in [3.8, 4) is 0 Å². The second-order valence-corrected chi connectivity index (χ2v) is 6.28. The van der Waals surface area contributed by atoms with E-state index in [4.69, 9.17) is 9.15 Å². The molecule has 3 rings (SSSR count). The molecule has 2 aliphatic rings. The maximum absolute atomic E-state index is 10.6. The van der Waals surface area contributed by atoms with Gasteiger partial charge in [0.25, 0.3) is 0 Å². The first kappa shape index (κ1) is 13.2. The summed E-state index contributed by atoms with van der Waals surface area (Å²) in [6.45, 7) is 2.71. The van der Waals surface area contributed by atoms with Crippen LogP contribution in [0.25, 0.3) is 0 Å². The van der Waals surface area contributed by atoms with E-state index in [1.165, 1.54) is 32.1 Å². The molecule has 2 atom stereocenters. The van der Waals surface area contributed by atoms with E-state index in [1.54, 1.807) is 6.26 Å². The van der Waals surface area contributed by atoms with Crippen molar-refractivity contribution in [3.63, 3.8) is 0 Å². The number of aliphatic hydroxyl groups excluding tert-OH is 1. The monoisotopic (exact) mass is 264 g/mol. The first-order valence-electron chi connectivity index (χ1n) is 7.56. The van der Waals surface area contributed by atoms with Gasteiger partial charge in [-0.25, -0.2) is 0 Å². The molecule has 1 aromatic heterocycles. The first-order chi connectivity index (χ1) is 9.19. The third-order valence-electron chi connectivity index (χ3n) is 4.83. The highest BCUT2D eigenvalue weighted by Gasteiger charge is 2.40. The molecule has 0 aromatic carbocycles. The molecule has 1 saturated heterocycles. The maximum atomic E-state index is 10.6. The van der Waals surface area contributed by atoms with Gasteiger partial charge in [-0.15, -0.1) is 0 Å². The van der Waals surface area contributed by atoms with Crippen molar-refractivity contribution in [2.45, 2.75) is 63.6 Å². The van der Waals surface area contributed by atoms with E-state index in [9.17, 15) is 5.11 Å². The van der Waals surface area contributed by atoms with Crippen LogP contribution in [0.15, 0.2) is 16.7 Å². The van der Waals surface area contributed by atoms with Crippen LogP contribution in [0, 0.1) is 12.8 Å². The van der Waals surface area contributed by atoms with Crippen LogP contribution in [0.1, 0.15) is 62.4 Å². The van der Waals surface area contributed by atoms with Crippen LogP contribution in [-0.4, -0.2) is 17.3 Å². The Morgan fingerprint density at radius 1 is 1.32 bits per heavy atom. The van der Waals surface area contributed by atoms with Gasteiger partial charge in [-0.2, -0.15) is 0 Å². The lowest BCUT2D eigenvalue weighted by Crippen LogP contribution is -2.42. The molecule has 0 radical (unpaired) electrons. The molecular weight excluding hydrogens is 240 g/mol. The number of aryl methyl sites for hydroxylation is 1. The topological polar surface area (TPSA) is 42.6 Å². The third-order valence-corrected chi connectivity index (χ3v) is 4.83. The highest BCUT2D eigenvalue weighted by Crippen LogP contribution is 2.44. The molecule has 1 saturated carbocycles. The number of rotatable bonds is 2. The van der Waals surface area contributed by atoms with Crippen LogP contribution in [-0.2, 0) is 4.74 Å². The number of hydrogen-bond donors (Lipinski definition) is 1. The van der Waals surface area contributed by atoms with Gasteiger partial charge < -0.3 is 14.3 Å². The fourth-order valence-corrected chi connectivity index (χ4v) is 3.77. The fraction of sp³-hybridized carbons (Fsp3) is 0.750. The molecule has 19 heavy (non-hydrogen) atoms. The minimum absolute atomic E-state index is 0.0565. The first-order valence-corrected chi connectivity index (χ1v) is 7.56. The van der Waals surface area contributed by atoms with Gasteiger partial charge >= 0.3 is 0 Å². The van der Waals surface area contributed by atoms with Crippen molar-refractivity contribution in [1.29, 1.82) is 0 Å². The van der Waals surface area contributed by atoms with Gasteiger partial charge in [-0.3, -0.25) is 0 Å². The minimum Gasteiger partial charge on any atom is -0.469 e. The van der Waals surface area contributed by atoms with Crippen molar-refractivity contribution in [2.75, 3.05) is 6.61 Å². The molecule has 1 aliphatic carbocycles. The molecule has 0 bridgehead atoms. The summed E-state index contributed by atoms with van der Waals surface area (Å²) in [5.41, 5.74) is 0.983. The molecule has 1 spiro atoms. The second kappa shape index (κ2) is 5.29. The molecule has 1 N–H and O–H groups in total. The Morgan fingerprint density at radius 2 is 2.11 bits per heavy atom. The summed E-state index contributed by atoms with van der Waals surface area (Å²) in [5.74, 6) is 1.18. The lowest BCUT2D eigenvalue weighted by atomic mass is 9.74. The Kier molecular flexibility index (Phi) is 3.68. The standard InChI is InChI=1S/C16H24O3/c1-12-9-14(11-18-12)15(17)13-5-8-19-16(10-13)6-3-2-4-7-16/h9,11,13,15,17H,2-8,10H2,1H3. The van der Waals surface area contributed by atoms with Gasteiger partial charge in [0.05, 0.1) is 18.0 Å². The Labute approximate surface area is 115 Å². The highest BCUT2D eigenvalue weighted by atomic mass is 16.5. The Balaban J connectivity index is 1.70. The van der Waals surface area contributed by atoms with Gasteiger partial charge in [0.1, 0.15) is 5.76 Å². The van der Waals surface area contributed by atoms with E-state index in [0.29, 0.717) is 5.92 Å². The summed E-state index contributed by atoms with van der Waals surface area (Å²) in [6.07, 6.45) is 9.45. The van der Waals surface area contributed by atoms with Gasteiger partial charge in [0.15, 0.2) is 0 Å². The van der Waals surface area contributed by atoms with Crippen molar-refractivity contribution in [2.24, 2.45) is 5.92 Å². The predicted octanol–water partition coefficient (Wildman–Crippen LogP) is 3.75. The summed E-state index contributed by atoms with van der Waals surface area (Å²) >= 11 is 0. The van der Waals surface area contributed by atoms with Gasteiger partial charge in [-0.05, 0) is 44.6 Å². The molecule has 1 aromatic rings. The van der Waals surface area contributed by atoms with Crippen molar-refractivity contribution in [1.82, 2.24) is 0 Å². The minimum atomic E-state index is -0.403. The lowest BCUT2D eigenvalue weighted by Gasteiger charge is -2.44.